The lowest BCUT2D eigenvalue weighted by atomic mass is 10.1. The molecule has 1 saturated carbocycles. The van der Waals surface area contributed by atoms with Gasteiger partial charge in [0, 0.05) is 51.5 Å². The van der Waals surface area contributed by atoms with Crippen LogP contribution in [-0.4, -0.2) is 67.3 Å². The molecular formula is C16H31N3O2. The number of methoxy groups -OCH3 is 1. The Kier molecular flexibility index (Phi) is 6.30. The van der Waals surface area contributed by atoms with Gasteiger partial charge in [0.05, 0.1) is 0 Å². The van der Waals surface area contributed by atoms with Crippen molar-refractivity contribution in [2.24, 2.45) is 0 Å². The summed E-state index contributed by atoms with van der Waals surface area (Å²) in [6, 6.07) is 1.37. The summed E-state index contributed by atoms with van der Waals surface area (Å²) < 4.78 is 5.14. The molecule has 0 aromatic carbocycles. The second-order valence-corrected chi connectivity index (χ2v) is 6.62. The van der Waals surface area contributed by atoms with Gasteiger partial charge in [0.25, 0.3) is 0 Å². The molecule has 1 aliphatic carbocycles. The zero-order chi connectivity index (χ0) is 15.2. The second-order valence-electron chi connectivity index (χ2n) is 6.62. The van der Waals surface area contributed by atoms with Crippen molar-refractivity contribution in [2.75, 3.05) is 33.4 Å². The Morgan fingerprint density at radius 1 is 1.19 bits per heavy atom. The molecule has 0 radical (unpaired) electrons. The van der Waals surface area contributed by atoms with Crippen LogP contribution in [0.2, 0.25) is 0 Å². The van der Waals surface area contributed by atoms with Gasteiger partial charge in [0.1, 0.15) is 0 Å². The summed E-state index contributed by atoms with van der Waals surface area (Å²) in [5, 5.41) is 3.21. The normalized spacial score (nSPS) is 28.0. The Labute approximate surface area is 129 Å². The van der Waals surface area contributed by atoms with Crippen LogP contribution in [0.25, 0.3) is 0 Å². The zero-order valence-corrected chi connectivity index (χ0v) is 13.8. The maximum Gasteiger partial charge on any atom is 0.317 e. The van der Waals surface area contributed by atoms with E-state index in [0.29, 0.717) is 18.1 Å². The van der Waals surface area contributed by atoms with E-state index in [9.17, 15) is 4.79 Å². The Balaban J connectivity index is 1.80. The summed E-state index contributed by atoms with van der Waals surface area (Å²) in [5.74, 6) is 0. The molecule has 5 heteroatoms. The number of carbonyl (C=O) groups is 1. The highest BCUT2D eigenvalue weighted by atomic mass is 16.5. The number of amides is 2. The number of rotatable bonds is 5. The number of urea groups is 1. The molecule has 1 heterocycles. The molecule has 2 fully saturated rings. The van der Waals surface area contributed by atoms with E-state index in [2.05, 4.69) is 24.1 Å². The van der Waals surface area contributed by atoms with Crippen LogP contribution < -0.4 is 5.32 Å². The molecule has 2 atom stereocenters. The first-order valence-corrected chi connectivity index (χ1v) is 8.42. The number of nitrogens with one attached hydrogen (secondary N) is 1. The topological polar surface area (TPSA) is 44.8 Å². The van der Waals surface area contributed by atoms with Crippen molar-refractivity contribution < 1.29 is 9.53 Å². The molecule has 0 aromatic rings. The average molecular weight is 297 g/mol. The van der Waals surface area contributed by atoms with E-state index in [-0.39, 0.29) is 6.03 Å². The summed E-state index contributed by atoms with van der Waals surface area (Å²) in [4.78, 5) is 16.9. The van der Waals surface area contributed by atoms with Gasteiger partial charge in [-0.1, -0.05) is 12.8 Å². The third-order valence-electron chi connectivity index (χ3n) is 4.84. The molecular weight excluding hydrogens is 266 g/mol. The SMILES string of the molecule is COCCCN1C(C)CN(C(=O)NC2CCCC2)CC1C. The molecule has 1 saturated heterocycles. The minimum Gasteiger partial charge on any atom is -0.385 e. The number of carbonyl (C=O) groups excluding carboxylic acids is 1. The third-order valence-corrected chi connectivity index (χ3v) is 4.84. The van der Waals surface area contributed by atoms with Gasteiger partial charge >= 0.3 is 6.03 Å². The molecule has 122 valence electrons. The van der Waals surface area contributed by atoms with Crippen LogP contribution in [0.1, 0.15) is 46.0 Å². The fourth-order valence-corrected chi connectivity index (χ4v) is 3.69. The third kappa shape index (κ3) is 4.58. The molecule has 2 amide bonds. The van der Waals surface area contributed by atoms with E-state index in [1.165, 1.54) is 12.8 Å². The maximum absolute atomic E-state index is 12.4. The first-order chi connectivity index (χ1) is 10.1. The first kappa shape index (κ1) is 16.6. The summed E-state index contributed by atoms with van der Waals surface area (Å²) >= 11 is 0. The van der Waals surface area contributed by atoms with Crippen LogP contribution in [0.4, 0.5) is 4.79 Å². The number of piperazine rings is 1. The highest BCUT2D eigenvalue weighted by molar-refractivity contribution is 5.74. The van der Waals surface area contributed by atoms with E-state index >= 15 is 0 Å². The fourth-order valence-electron chi connectivity index (χ4n) is 3.69. The first-order valence-electron chi connectivity index (χ1n) is 8.42. The van der Waals surface area contributed by atoms with Crippen molar-refractivity contribution in [1.29, 1.82) is 0 Å². The van der Waals surface area contributed by atoms with Crippen molar-refractivity contribution in [1.82, 2.24) is 15.1 Å². The molecule has 0 spiro atoms. The summed E-state index contributed by atoms with van der Waals surface area (Å²) in [7, 11) is 1.75. The highest BCUT2D eigenvalue weighted by Crippen LogP contribution is 2.20. The lowest BCUT2D eigenvalue weighted by molar-refractivity contribution is 0.0474. The monoisotopic (exact) mass is 297 g/mol. The average Bonchev–Trinajstić information content (AvgIpc) is 2.94. The highest BCUT2D eigenvalue weighted by Gasteiger charge is 2.32. The minimum absolute atomic E-state index is 0.136. The van der Waals surface area contributed by atoms with Crippen LogP contribution in [0, 0.1) is 0 Å². The smallest absolute Gasteiger partial charge is 0.317 e. The van der Waals surface area contributed by atoms with E-state index < -0.39 is 0 Å². The summed E-state index contributed by atoms with van der Waals surface area (Å²) in [5.41, 5.74) is 0. The van der Waals surface area contributed by atoms with Crippen molar-refractivity contribution in [3.05, 3.63) is 0 Å². The van der Waals surface area contributed by atoms with Crippen LogP contribution in [0.5, 0.6) is 0 Å². The van der Waals surface area contributed by atoms with Gasteiger partial charge in [-0.2, -0.15) is 0 Å². The molecule has 0 aromatic heterocycles. The Bertz CT molecular complexity index is 319. The molecule has 2 rings (SSSR count). The Hall–Kier alpha value is -0.810. The number of nitrogens with zero attached hydrogens (tertiary/aromatic N) is 2. The van der Waals surface area contributed by atoms with Crippen molar-refractivity contribution in [3.8, 4) is 0 Å². The summed E-state index contributed by atoms with van der Waals surface area (Å²) in [6.07, 6.45) is 5.86. The quantitative estimate of drug-likeness (QED) is 0.790. The number of hydrogen-bond acceptors (Lipinski definition) is 3. The standard InChI is InChI=1S/C16H31N3O2/c1-13-11-18(16(20)17-15-7-4-5-8-15)12-14(2)19(13)9-6-10-21-3/h13-15H,4-12H2,1-3H3,(H,17,20). The van der Waals surface area contributed by atoms with Gasteiger partial charge in [-0.15, -0.1) is 0 Å². The molecule has 0 bridgehead atoms. The number of hydrogen-bond donors (Lipinski definition) is 1. The largest absolute Gasteiger partial charge is 0.385 e. The fraction of sp³-hybridized carbons (Fsp3) is 0.938. The lowest BCUT2D eigenvalue weighted by Gasteiger charge is -2.44. The molecule has 1 N–H and O–H groups in total. The van der Waals surface area contributed by atoms with Gasteiger partial charge in [0.15, 0.2) is 0 Å². The van der Waals surface area contributed by atoms with Crippen LogP contribution >= 0.6 is 0 Å². The van der Waals surface area contributed by atoms with Crippen LogP contribution in [0.15, 0.2) is 0 Å². The van der Waals surface area contributed by atoms with E-state index in [1.807, 2.05) is 4.90 Å². The van der Waals surface area contributed by atoms with E-state index in [1.54, 1.807) is 7.11 Å². The molecule has 5 nitrogen and oxygen atoms in total. The van der Waals surface area contributed by atoms with Crippen molar-refractivity contribution >= 4 is 6.03 Å². The Morgan fingerprint density at radius 2 is 1.81 bits per heavy atom. The Morgan fingerprint density at radius 3 is 2.38 bits per heavy atom. The van der Waals surface area contributed by atoms with Gasteiger partial charge in [-0.05, 0) is 33.1 Å². The van der Waals surface area contributed by atoms with E-state index in [0.717, 1.165) is 45.5 Å². The molecule has 2 unspecified atom stereocenters. The molecule has 21 heavy (non-hydrogen) atoms. The van der Waals surface area contributed by atoms with Gasteiger partial charge in [0.2, 0.25) is 0 Å². The van der Waals surface area contributed by atoms with Crippen LogP contribution in [0.3, 0.4) is 0 Å². The second kappa shape index (κ2) is 7.99. The molecule has 2 aliphatic rings. The lowest BCUT2D eigenvalue weighted by Crippen LogP contribution is -2.60. The van der Waals surface area contributed by atoms with Gasteiger partial charge in [-0.25, -0.2) is 4.79 Å². The summed E-state index contributed by atoms with van der Waals surface area (Å²) in [6.45, 7) is 7.96. The van der Waals surface area contributed by atoms with Gasteiger partial charge in [-0.3, -0.25) is 4.90 Å². The van der Waals surface area contributed by atoms with Gasteiger partial charge < -0.3 is 15.0 Å². The predicted molar refractivity (Wildman–Crippen MR) is 84.5 cm³/mol. The number of ether oxygens (including phenoxy) is 1. The zero-order valence-electron chi connectivity index (χ0n) is 13.8. The molecule has 1 aliphatic heterocycles. The van der Waals surface area contributed by atoms with Crippen molar-refractivity contribution in [2.45, 2.75) is 64.1 Å². The van der Waals surface area contributed by atoms with Crippen molar-refractivity contribution in [3.63, 3.8) is 0 Å². The maximum atomic E-state index is 12.4. The minimum atomic E-state index is 0.136. The predicted octanol–water partition coefficient (Wildman–Crippen LogP) is 2.07. The van der Waals surface area contributed by atoms with E-state index in [4.69, 9.17) is 4.74 Å². The van der Waals surface area contributed by atoms with Crippen LogP contribution in [-0.2, 0) is 4.74 Å².